The van der Waals surface area contributed by atoms with E-state index in [1.54, 1.807) is 45.0 Å². The van der Waals surface area contributed by atoms with Crippen LogP contribution in [0, 0.1) is 12.7 Å². The first-order chi connectivity index (χ1) is 22.5. The zero-order chi connectivity index (χ0) is 35.3. The van der Waals surface area contributed by atoms with Crippen molar-refractivity contribution in [1.29, 1.82) is 0 Å². The van der Waals surface area contributed by atoms with Gasteiger partial charge in [-0.2, -0.15) is 0 Å². The molecule has 254 valence electrons. The quantitative estimate of drug-likeness (QED) is 0.299. The van der Waals surface area contributed by atoms with Crippen LogP contribution in [0.4, 0.5) is 10.1 Å². The molecule has 2 heterocycles. The topological polar surface area (TPSA) is 139 Å². The van der Waals surface area contributed by atoms with Crippen molar-refractivity contribution in [2.75, 3.05) is 11.2 Å². The van der Waals surface area contributed by atoms with Gasteiger partial charge < -0.3 is 10.1 Å². The Kier molecular flexibility index (Phi) is 9.54. The van der Waals surface area contributed by atoms with Crippen LogP contribution in [0.15, 0.2) is 59.1 Å². The van der Waals surface area contributed by atoms with Crippen LogP contribution in [0.5, 0.6) is 5.75 Å². The molecule has 5 rings (SSSR count). The number of nitrogens with zero attached hydrogens (tertiary/aromatic N) is 1. The molecule has 3 aromatic carbocycles. The first-order valence-electron chi connectivity index (χ1n) is 15.2. The lowest BCUT2D eigenvalue weighted by Crippen LogP contribution is -2.59. The SMILES string of the molecule is CCC(CC)(Oc1ccc(Cl)cc1[C@H]1CC(=O)N[C@@H](c2cc(F)ccc2C)[C@]12C(=O)N(C(C)=O)c1cc(Br)ccc12)C(=O)NS(C)(=O)=O. The van der Waals surface area contributed by atoms with E-state index in [-0.39, 0.29) is 41.3 Å². The second-order valence-corrected chi connectivity index (χ2v) is 15.2. The molecule has 1 spiro atoms. The molecule has 0 radical (unpaired) electrons. The predicted octanol–water partition coefficient (Wildman–Crippen LogP) is 5.74. The summed E-state index contributed by atoms with van der Waals surface area (Å²) < 4.78 is 48.1. The summed E-state index contributed by atoms with van der Waals surface area (Å²) in [5.74, 6) is -4.18. The number of aryl methyl sites for hydroxylation is 1. The van der Waals surface area contributed by atoms with Gasteiger partial charge in [-0.05, 0) is 78.9 Å². The van der Waals surface area contributed by atoms with Crippen LogP contribution in [0.3, 0.4) is 0 Å². The van der Waals surface area contributed by atoms with Crippen molar-refractivity contribution in [3.63, 3.8) is 0 Å². The summed E-state index contributed by atoms with van der Waals surface area (Å²) in [5.41, 5.74) is -1.55. The maximum absolute atomic E-state index is 15.1. The standard InChI is InChI=1S/C34H34BrClFN3O7S/c1-6-33(7-2,31(43)39-48(5,45)46)47-28-13-10-21(36)15-24(28)26-17-29(42)38-30(23-16-22(37)11-8-18(23)3)34(26)25-12-9-20(35)14-27(25)40(19(4)41)32(34)44/h8-16,26,30H,6-7,17H2,1-5H3,(H,38,42)(H,39,43)/t26-,30+,34-/m1/s1. The Labute approximate surface area is 291 Å². The minimum Gasteiger partial charge on any atom is -0.477 e. The number of piperidine rings is 1. The minimum atomic E-state index is -3.96. The van der Waals surface area contributed by atoms with E-state index in [9.17, 15) is 27.2 Å². The Bertz CT molecular complexity index is 1970. The summed E-state index contributed by atoms with van der Waals surface area (Å²) in [6.07, 6.45) is 0.690. The zero-order valence-electron chi connectivity index (χ0n) is 26.8. The molecule has 2 aliphatic rings. The number of amides is 4. The Morgan fingerprint density at radius 1 is 1.10 bits per heavy atom. The van der Waals surface area contributed by atoms with Gasteiger partial charge in [0.1, 0.15) is 17.0 Å². The number of hydrogen-bond acceptors (Lipinski definition) is 7. The molecule has 0 aliphatic carbocycles. The molecule has 3 atom stereocenters. The number of carbonyl (C=O) groups is 4. The average molecular weight is 763 g/mol. The van der Waals surface area contributed by atoms with Crippen molar-refractivity contribution >= 4 is 66.9 Å². The Morgan fingerprint density at radius 2 is 1.79 bits per heavy atom. The second-order valence-electron chi connectivity index (χ2n) is 12.1. The molecule has 1 fully saturated rings. The van der Waals surface area contributed by atoms with E-state index >= 15 is 4.79 Å². The molecule has 14 heteroatoms. The van der Waals surface area contributed by atoms with Crippen molar-refractivity contribution < 1.29 is 36.7 Å². The van der Waals surface area contributed by atoms with Crippen molar-refractivity contribution in [2.24, 2.45) is 0 Å². The van der Waals surface area contributed by atoms with E-state index in [4.69, 9.17) is 16.3 Å². The third-order valence-electron chi connectivity index (χ3n) is 9.26. The molecule has 0 saturated carbocycles. The number of carbonyl (C=O) groups excluding carboxylic acids is 4. The molecule has 2 N–H and O–H groups in total. The number of benzene rings is 3. The number of anilines is 1. The number of nitrogens with one attached hydrogen (secondary N) is 2. The van der Waals surface area contributed by atoms with Crippen LogP contribution in [-0.2, 0) is 34.6 Å². The van der Waals surface area contributed by atoms with Crippen molar-refractivity contribution in [2.45, 2.75) is 69.9 Å². The van der Waals surface area contributed by atoms with E-state index in [1.807, 2.05) is 4.72 Å². The van der Waals surface area contributed by atoms with Crippen molar-refractivity contribution in [1.82, 2.24) is 10.0 Å². The van der Waals surface area contributed by atoms with Gasteiger partial charge in [-0.25, -0.2) is 22.4 Å². The average Bonchev–Trinajstić information content (AvgIpc) is 3.25. The first-order valence-corrected chi connectivity index (χ1v) is 18.3. The summed E-state index contributed by atoms with van der Waals surface area (Å²) in [6.45, 7) is 6.32. The van der Waals surface area contributed by atoms with Gasteiger partial charge in [-0.3, -0.25) is 19.2 Å². The van der Waals surface area contributed by atoms with Gasteiger partial charge in [-0.1, -0.05) is 53.5 Å². The summed E-state index contributed by atoms with van der Waals surface area (Å²) in [6, 6.07) is 12.5. The molecule has 2 aliphatic heterocycles. The van der Waals surface area contributed by atoms with Crippen LogP contribution in [0.2, 0.25) is 5.02 Å². The maximum atomic E-state index is 15.1. The Balaban J connectivity index is 1.84. The van der Waals surface area contributed by atoms with Crippen LogP contribution >= 0.6 is 27.5 Å². The van der Waals surface area contributed by atoms with Gasteiger partial charge in [0, 0.05) is 34.3 Å². The van der Waals surface area contributed by atoms with Crippen molar-refractivity contribution in [3.8, 4) is 5.75 Å². The molecule has 4 amide bonds. The number of halogens is 3. The largest absolute Gasteiger partial charge is 0.477 e. The highest BCUT2D eigenvalue weighted by molar-refractivity contribution is 9.10. The lowest BCUT2D eigenvalue weighted by atomic mass is 9.58. The highest BCUT2D eigenvalue weighted by atomic mass is 79.9. The fourth-order valence-electron chi connectivity index (χ4n) is 6.98. The molecule has 10 nitrogen and oxygen atoms in total. The molecule has 0 bridgehead atoms. The van der Waals surface area contributed by atoms with Gasteiger partial charge in [0.25, 0.3) is 5.91 Å². The van der Waals surface area contributed by atoms with Gasteiger partial charge in [0.2, 0.25) is 27.7 Å². The smallest absolute Gasteiger partial charge is 0.277 e. The molecular formula is C34H34BrClFN3O7S. The molecule has 48 heavy (non-hydrogen) atoms. The summed E-state index contributed by atoms with van der Waals surface area (Å²) in [4.78, 5) is 56.5. The second kappa shape index (κ2) is 12.9. The molecule has 1 saturated heterocycles. The van der Waals surface area contributed by atoms with E-state index < -0.39 is 62.4 Å². The lowest BCUT2D eigenvalue weighted by molar-refractivity contribution is -0.137. The third kappa shape index (κ3) is 6.00. The number of rotatable bonds is 8. The van der Waals surface area contributed by atoms with Gasteiger partial charge in [0.15, 0.2) is 5.60 Å². The first kappa shape index (κ1) is 35.5. The van der Waals surface area contributed by atoms with Crippen LogP contribution in [0.1, 0.15) is 74.2 Å². The zero-order valence-corrected chi connectivity index (χ0v) is 30.0. The van der Waals surface area contributed by atoms with E-state index in [1.165, 1.54) is 37.3 Å². The maximum Gasteiger partial charge on any atom is 0.277 e. The third-order valence-corrected chi connectivity index (χ3v) is 10.5. The fraction of sp³-hybridized carbons (Fsp3) is 0.353. The summed E-state index contributed by atoms with van der Waals surface area (Å²) in [5, 5.41) is 3.17. The number of fused-ring (bicyclic) bond motifs is 2. The molecular weight excluding hydrogens is 729 g/mol. The molecule has 0 aromatic heterocycles. The van der Waals surface area contributed by atoms with Crippen LogP contribution in [-0.4, -0.2) is 43.9 Å². The van der Waals surface area contributed by atoms with E-state index in [0.29, 0.717) is 21.2 Å². The Morgan fingerprint density at radius 3 is 2.42 bits per heavy atom. The van der Waals surface area contributed by atoms with E-state index in [2.05, 4.69) is 21.2 Å². The number of hydrogen-bond donors (Lipinski definition) is 2. The fourth-order valence-corrected chi connectivity index (χ4v) is 8.03. The highest BCUT2D eigenvalue weighted by Gasteiger charge is 2.64. The van der Waals surface area contributed by atoms with Gasteiger partial charge in [-0.15, -0.1) is 0 Å². The summed E-state index contributed by atoms with van der Waals surface area (Å²) in [7, 11) is -3.96. The minimum absolute atomic E-state index is 0.0578. The predicted molar refractivity (Wildman–Crippen MR) is 182 cm³/mol. The number of sulfonamides is 1. The highest BCUT2D eigenvalue weighted by Crippen LogP contribution is 2.61. The Hall–Kier alpha value is -3.81. The number of ether oxygens (including phenoxy) is 1. The van der Waals surface area contributed by atoms with Gasteiger partial charge >= 0.3 is 0 Å². The van der Waals surface area contributed by atoms with E-state index in [0.717, 1.165) is 11.2 Å². The molecule has 3 aromatic rings. The monoisotopic (exact) mass is 761 g/mol. The number of imide groups is 1. The van der Waals surface area contributed by atoms with Crippen LogP contribution < -0.4 is 19.7 Å². The van der Waals surface area contributed by atoms with Crippen molar-refractivity contribution in [3.05, 3.63) is 92.2 Å². The normalized spacial score (nSPS) is 20.8. The van der Waals surface area contributed by atoms with Gasteiger partial charge in [0.05, 0.1) is 18.0 Å². The lowest BCUT2D eigenvalue weighted by Gasteiger charge is -2.47. The molecule has 0 unspecified atom stereocenters. The van der Waals surface area contributed by atoms with Crippen LogP contribution in [0.25, 0.3) is 0 Å². The summed E-state index contributed by atoms with van der Waals surface area (Å²) >= 11 is 10.0.